The molecule has 0 heterocycles. The van der Waals surface area contributed by atoms with Crippen molar-refractivity contribution in [2.75, 3.05) is 39.6 Å². The molecule has 5 nitrogen and oxygen atoms in total. The van der Waals surface area contributed by atoms with Crippen molar-refractivity contribution in [3.8, 4) is 0 Å². The van der Waals surface area contributed by atoms with Gasteiger partial charge in [0.25, 0.3) is 0 Å². The molecule has 0 bridgehead atoms. The van der Waals surface area contributed by atoms with Gasteiger partial charge in [0.1, 0.15) is 0 Å². The predicted molar refractivity (Wildman–Crippen MR) is 123 cm³/mol. The number of nitrogens with zero attached hydrogens (tertiary/aromatic N) is 1. The van der Waals surface area contributed by atoms with Crippen LogP contribution in [0.2, 0.25) is 0 Å². The van der Waals surface area contributed by atoms with Crippen molar-refractivity contribution >= 4 is 0 Å². The molecule has 0 aliphatic heterocycles. The Bertz CT molecular complexity index is 648. The third kappa shape index (κ3) is 9.09. The standard InChI is InChI=1S/C26H37NO4/c28-15-16-29-17-18-30-19-20-31-26-13-11-25(12-14-26)27(21-23-7-3-1-4-8-23)22-24-9-5-2-6-10-24/h1-10,25-26,28H,11-22H2. The molecule has 31 heavy (non-hydrogen) atoms. The SMILES string of the molecule is OCCOCCOCCOC1CCC(N(Cc2ccccc2)Cc2ccccc2)CC1. The summed E-state index contributed by atoms with van der Waals surface area (Å²) in [5.74, 6) is 0. The third-order valence-electron chi connectivity index (χ3n) is 5.81. The van der Waals surface area contributed by atoms with E-state index >= 15 is 0 Å². The fourth-order valence-corrected chi connectivity index (χ4v) is 4.19. The Kier molecular flexibility index (Phi) is 11.0. The summed E-state index contributed by atoms with van der Waals surface area (Å²) in [5.41, 5.74) is 2.74. The molecule has 0 aromatic heterocycles. The Labute approximate surface area is 186 Å². The second-order valence-electron chi connectivity index (χ2n) is 8.13. The number of rotatable bonds is 14. The van der Waals surface area contributed by atoms with Crippen molar-refractivity contribution in [1.82, 2.24) is 4.90 Å². The van der Waals surface area contributed by atoms with Crippen LogP contribution in [-0.2, 0) is 27.3 Å². The molecule has 3 rings (SSSR count). The number of aliphatic hydroxyl groups excluding tert-OH is 1. The van der Waals surface area contributed by atoms with E-state index in [9.17, 15) is 0 Å². The minimum absolute atomic E-state index is 0.0555. The Morgan fingerprint density at radius 1 is 0.677 bits per heavy atom. The lowest BCUT2D eigenvalue weighted by Gasteiger charge is -2.37. The Morgan fingerprint density at radius 3 is 1.74 bits per heavy atom. The van der Waals surface area contributed by atoms with Crippen LogP contribution in [0.15, 0.2) is 60.7 Å². The van der Waals surface area contributed by atoms with E-state index in [1.165, 1.54) is 24.0 Å². The summed E-state index contributed by atoms with van der Waals surface area (Å²) >= 11 is 0. The maximum Gasteiger partial charge on any atom is 0.0704 e. The first-order chi connectivity index (χ1) is 15.3. The van der Waals surface area contributed by atoms with Crippen LogP contribution < -0.4 is 0 Å². The summed E-state index contributed by atoms with van der Waals surface area (Å²) in [6.45, 7) is 4.68. The first-order valence-corrected chi connectivity index (χ1v) is 11.5. The van der Waals surface area contributed by atoms with Gasteiger partial charge in [-0.25, -0.2) is 0 Å². The van der Waals surface area contributed by atoms with Gasteiger partial charge in [-0.2, -0.15) is 0 Å². The molecule has 0 radical (unpaired) electrons. The zero-order chi connectivity index (χ0) is 21.6. The molecule has 5 heteroatoms. The monoisotopic (exact) mass is 427 g/mol. The molecular weight excluding hydrogens is 390 g/mol. The van der Waals surface area contributed by atoms with E-state index in [4.69, 9.17) is 19.3 Å². The van der Waals surface area contributed by atoms with Crippen molar-refractivity contribution in [3.63, 3.8) is 0 Å². The van der Waals surface area contributed by atoms with Gasteiger partial charge in [0.2, 0.25) is 0 Å². The average molecular weight is 428 g/mol. The first kappa shape index (κ1) is 23.9. The molecule has 0 amide bonds. The largest absolute Gasteiger partial charge is 0.394 e. The lowest BCUT2D eigenvalue weighted by Crippen LogP contribution is -2.39. The summed E-state index contributed by atoms with van der Waals surface area (Å²) in [4.78, 5) is 2.64. The summed E-state index contributed by atoms with van der Waals surface area (Å²) < 4.78 is 16.8. The second-order valence-corrected chi connectivity index (χ2v) is 8.13. The molecule has 1 saturated carbocycles. The maximum atomic E-state index is 8.66. The van der Waals surface area contributed by atoms with Gasteiger partial charge < -0.3 is 19.3 Å². The van der Waals surface area contributed by atoms with Crippen LogP contribution in [0, 0.1) is 0 Å². The van der Waals surface area contributed by atoms with Crippen LogP contribution in [-0.4, -0.2) is 61.8 Å². The number of ether oxygens (including phenoxy) is 3. The van der Waals surface area contributed by atoms with Gasteiger partial charge >= 0.3 is 0 Å². The average Bonchev–Trinajstić information content (AvgIpc) is 2.82. The van der Waals surface area contributed by atoms with E-state index in [1.54, 1.807) is 0 Å². The maximum absolute atomic E-state index is 8.66. The van der Waals surface area contributed by atoms with E-state index in [0.717, 1.165) is 25.9 Å². The van der Waals surface area contributed by atoms with Gasteiger partial charge in [0, 0.05) is 19.1 Å². The molecule has 0 saturated heterocycles. The third-order valence-corrected chi connectivity index (χ3v) is 5.81. The van der Waals surface area contributed by atoms with Crippen LogP contribution in [0.4, 0.5) is 0 Å². The number of aliphatic hydroxyl groups is 1. The van der Waals surface area contributed by atoms with E-state index in [-0.39, 0.29) is 6.61 Å². The lowest BCUT2D eigenvalue weighted by atomic mass is 9.91. The molecule has 2 aromatic rings. The van der Waals surface area contributed by atoms with E-state index in [0.29, 0.717) is 45.2 Å². The minimum Gasteiger partial charge on any atom is -0.394 e. The van der Waals surface area contributed by atoms with Crippen LogP contribution in [0.25, 0.3) is 0 Å². The summed E-state index contributed by atoms with van der Waals surface area (Å²) in [6, 6.07) is 22.2. The molecule has 0 spiro atoms. The zero-order valence-corrected chi connectivity index (χ0v) is 18.5. The molecular formula is C26H37NO4. The molecule has 170 valence electrons. The second kappa shape index (κ2) is 14.3. The number of hydrogen-bond acceptors (Lipinski definition) is 5. The lowest BCUT2D eigenvalue weighted by molar-refractivity contribution is -0.0332. The zero-order valence-electron chi connectivity index (χ0n) is 18.5. The predicted octanol–water partition coefficient (Wildman–Crippen LogP) is 4.04. The fourth-order valence-electron chi connectivity index (χ4n) is 4.19. The van der Waals surface area contributed by atoms with Crippen molar-refractivity contribution < 1.29 is 19.3 Å². The molecule has 0 atom stereocenters. The minimum atomic E-state index is 0.0555. The van der Waals surface area contributed by atoms with Gasteiger partial charge in [0.05, 0.1) is 45.7 Å². The Balaban J connectivity index is 1.41. The van der Waals surface area contributed by atoms with Gasteiger partial charge in [-0.05, 0) is 36.8 Å². The summed E-state index contributed by atoms with van der Waals surface area (Å²) in [7, 11) is 0. The highest BCUT2D eigenvalue weighted by Gasteiger charge is 2.26. The van der Waals surface area contributed by atoms with E-state index in [1.807, 2.05) is 0 Å². The van der Waals surface area contributed by atoms with E-state index < -0.39 is 0 Å². The van der Waals surface area contributed by atoms with Crippen LogP contribution in [0.3, 0.4) is 0 Å². The van der Waals surface area contributed by atoms with Gasteiger partial charge in [-0.1, -0.05) is 60.7 Å². The summed E-state index contributed by atoms with van der Waals surface area (Å²) in [6.07, 6.45) is 4.87. The van der Waals surface area contributed by atoms with Gasteiger partial charge in [0.15, 0.2) is 0 Å². The molecule has 1 fully saturated rings. The van der Waals surface area contributed by atoms with Crippen LogP contribution in [0.5, 0.6) is 0 Å². The van der Waals surface area contributed by atoms with Gasteiger partial charge in [-0.15, -0.1) is 0 Å². The highest BCUT2D eigenvalue weighted by atomic mass is 16.5. The van der Waals surface area contributed by atoms with E-state index in [2.05, 4.69) is 65.6 Å². The highest BCUT2D eigenvalue weighted by Crippen LogP contribution is 2.27. The summed E-state index contributed by atoms with van der Waals surface area (Å²) in [5, 5.41) is 8.66. The normalized spacial score (nSPS) is 19.0. The molecule has 1 aliphatic carbocycles. The smallest absolute Gasteiger partial charge is 0.0704 e. The highest BCUT2D eigenvalue weighted by molar-refractivity contribution is 5.17. The Hall–Kier alpha value is -1.76. The fraction of sp³-hybridized carbons (Fsp3) is 0.538. The van der Waals surface area contributed by atoms with Crippen molar-refractivity contribution in [2.45, 2.75) is 50.9 Å². The first-order valence-electron chi connectivity index (χ1n) is 11.5. The van der Waals surface area contributed by atoms with Crippen molar-refractivity contribution in [1.29, 1.82) is 0 Å². The van der Waals surface area contributed by atoms with Crippen molar-refractivity contribution in [2.24, 2.45) is 0 Å². The molecule has 1 aliphatic rings. The number of hydrogen-bond donors (Lipinski definition) is 1. The molecule has 2 aromatic carbocycles. The molecule has 0 unspecified atom stereocenters. The topological polar surface area (TPSA) is 51.2 Å². The quantitative estimate of drug-likeness (QED) is 0.461. The van der Waals surface area contributed by atoms with Crippen molar-refractivity contribution in [3.05, 3.63) is 71.8 Å². The number of benzene rings is 2. The molecule has 1 N–H and O–H groups in total. The van der Waals surface area contributed by atoms with Crippen LogP contribution >= 0.6 is 0 Å². The van der Waals surface area contributed by atoms with Gasteiger partial charge in [-0.3, -0.25) is 4.90 Å². The van der Waals surface area contributed by atoms with Crippen LogP contribution in [0.1, 0.15) is 36.8 Å². The Morgan fingerprint density at radius 2 is 1.19 bits per heavy atom.